The average molecular weight is 537 g/mol. The second-order valence-corrected chi connectivity index (χ2v) is 9.88. The zero-order valence-corrected chi connectivity index (χ0v) is 21.8. The molecule has 0 unspecified atom stereocenters. The second-order valence-electron chi connectivity index (χ2n) is 9.47. The number of aromatic nitrogens is 2. The van der Waals surface area contributed by atoms with Gasteiger partial charge in [0.25, 0.3) is 5.69 Å². The van der Waals surface area contributed by atoms with Crippen LogP contribution < -0.4 is 9.47 Å². The zero-order valence-electron chi connectivity index (χ0n) is 21.0. The third-order valence-electron chi connectivity index (χ3n) is 6.54. The third-order valence-corrected chi connectivity index (χ3v) is 6.83. The van der Waals surface area contributed by atoms with E-state index in [2.05, 4.69) is 4.98 Å². The summed E-state index contributed by atoms with van der Waals surface area (Å²) in [5, 5.41) is 11.5. The number of hydrogen-bond donors (Lipinski definition) is 1. The number of nitro groups is 1. The molecule has 37 heavy (non-hydrogen) atoms. The van der Waals surface area contributed by atoms with Gasteiger partial charge < -0.3 is 0 Å². The van der Waals surface area contributed by atoms with Gasteiger partial charge in [-0.15, -0.1) is 0 Å². The van der Waals surface area contributed by atoms with Crippen LogP contribution in [-0.2, 0) is 25.8 Å². The molecule has 2 aromatic carbocycles. The number of H-pyrrole nitrogens is 1. The van der Waals surface area contributed by atoms with Gasteiger partial charge in [0.1, 0.15) is 11.4 Å². The SMILES string of the molecule is CCCN(Cc1ccc([N+](=O)[O-])cc1)Cc1c(C(F)(F)F)[nH]c2[n+]1CCCN2c1c(C)cc(C)cc1Cl. The number of aryl methyl sites for hydroxylation is 2. The summed E-state index contributed by atoms with van der Waals surface area (Å²) >= 11 is 6.58. The van der Waals surface area contributed by atoms with Crippen molar-refractivity contribution < 1.29 is 22.7 Å². The van der Waals surface area contributed by atoms with Crippen LogP contribution >= 0.6 is 11.6 Å². The number of anilines is 2. The zero-order chi connectivity index (χ0) is 26.9. The van der Waals surface area contributed by atoms with Crippen molar-refractivity contribution in [3.8, 4) is 0 Å². The van der Waals surface area contributed by atoms with E-state index in [9.17, 15) is 23.3 Å². The Bertz CT molecular complexity index is 1270. The average Bonchev–Trinajstić information content (AvgIpc) is 3.19. The maximum absolute atomic E-state index is 14.3. The second kappa shape index (κ2) is 10.7. The predicted molar refractivity (Wildman–Crippen MR) is 136 cm³/mol. The summed E-state index contributed by atoms with van der Waals surface area (Å²) in [6, 6.07) is 9.93. The number of fused-ring (bicyclic) bond motifs is 1. The van der Waals surface area contributed by atoms with Gasteiger partial charge in [-0.3, -0.25) is 15.0 Å². The Balaban J connectivity index is 1.73. The smallest absolute Gasteiger partial charge is 0.292 e. The van der Waals surface area contributed by atoms with E-state index in [-0.39, 0.29) is 17.9 Å². The molecule has 1 aliphatic heterocycles. The molecule has 7 nitrogen and oxygen atoms in total. The van der Waals surface area contributed by atoms with E-state index in [1.54, 1.807) is 16.7 Å². The van der Waals surface area contributed by atoms with Gasteiger partial charge in [0.05, 0.1) is 29.6 Å². The lowest BCUT2D eigenvalue weighted by Gasteiger charge is -2.26. The fourth-order valence-electron chi connectivity index (χ4n) is 5.05. The van der Waals surface area contributed by atoms with E-state index in [0.29, 0.717) is 49.3 Å². The van der Waals surface area contributed by atoms with Gasteiger partial charge >= 0.3 is 12.1 Å². The Kier molecular flexibility index (Phi) is 7.80. The lowest BCUT2D eigenvalue weighted by Crippen LogP contribution is -2.49. The Morgan fingerprint density at radius 3 is 2.49 bits per heavy atom. The van der Waals surface area contributed by atoms with Gasteiger partial charge in [-0.05, 0) is 49.6 Å². The number of benzene rings is 2. The Labute approximate surface area is 218 Å². The normalized spacial score (nSPS) is 13.8. The predicted octanol–water partition coefficient (Wildman–Crippen LogP) is 6.45. The summed E-state index contributed by atoms with van der Waals surface area (Å²) in [4.78, 5) is 17.0. The van der Waals surface area contributed by atoms with E-state index in [1.165, 1.54) is 12.1 Å². The molecule has 0 saturated carbocycles. The number of nitrogens with one attached hydrogen (secondary N) is 1. The lowest BCUT2D eigenvalue weighted by molar-refractivity contribution is -0.695. The molecule has 2 heterocycles. The number of imidazole rings is 1. The molecule has 3 aromatic rings. The number of aromatic amines is 1. The summed E-state index contributed by atoms with van der Waals surface area (Å²) in [5.74, 6) is 0.370. The molecule has 0 atom stereocenters. The van der Waals surface area contributed by atoms with Crippen molar-refractivity contribution in [2.24, 2.45) is 0 Å². The first-order valence-corrected chi connectivity index (χ1v) is 12.6. The van der Waals surface area contributed by atoms with Gasteiger partial charge in [-0.2, -0.15) is 13.2 Å². The van der Waals surface area contributed by atoms with Crippen molar-refractivity contribution >= 4 is 28.9 Å². The maximum Gasteiger partial charge on any atom is 0.449 e. The van der Waals surface area contributed by atoms with Crippen LogP contribution in [0.2, 0.25) is 5.02 Å². The Morgan fingerprint density at radius 1 is 1.19 bits per heavy atom. The first-order valence-electron chi connectivity index (χ1n) is 12.2. The van der Waals surface area contributed by atoms with Gasteiger partial charge in [-0.1, -0.05) is 36.7 Å². The number of alkyl halides is 3. The van der Waals surface area contributed by atoms with E-state index in [1.807, 2.05) is 42.7 Å². The van der Waals surface area contributed by atoms with Crippen LogP contribution in [0.1, 0.15) is 47.8 Å². The first-order chi connectivity index (χ1) is 17.5. The van der Waals surface area contributed by atoms with Crippen molar-refractivity contribution in [1.82, 2.24) is 9.88 Å². The molecule has 0 spiro atoms. The van der Waals surface area contributed by atoms with Gasteiger partial charge in [0.15, 0.2) is 0 Å². The maximum atomic E-state index is 14.3. The van der Waals surface area contributed by atoms with Crippen molar-refractivity contribution in [2.45, 2.75) is 59.4 Å². The molecule has 1 aromatic heterocycles. The molecular formula is C26H30ClF3N5O2+. The highest BCUT2D eigenvalue weighted by Gasteiger charge is 2.45. The summed E-state index contributed by atoms with van der Waals surface area (Å²) in [6.07, 6.45) is -3.15. The topological polar surface area (TPSA) is 69.3 Å². The van der Waals surface area contributed by atoms with E-state index < -0.39 is 16.8 Å². The highest BCUT2D eigenvalue weighted by Crippen LogP contribution is 2.39. The molecule has 1 N–H and O–H groups in total. The van der Waals surface area contributed by atoms with Crippen LogP contribution in [0.15, 0.2) is 36.4 Å². The van der Waals surface area contributed by atoms with E-state index in [4.69, 9.17) is 11.6 Å². The summed E-state index contributed by atoms with van der Waals surface area (Å²) < 4.78 is 44.6. The highest BCUT2D eigenvalue weighted by atomic mass is 35.5. The molecule has 4 rings (SSSR count). The minimum absolute atomic E-state index is 0.0226. The largest absolute Gasteiger partial charge is 0.449 e. The molecule has 0 radical (unpaired) electrons. The van der Waals surface area contributed by atoms with Crippen LogP contribution in [0.5, 0.6) is 0 Å². The number of nitrogens with zero attached hydrogens (tertiary/aromatic N) is 4. The fourth-order valence-corrected chi connectivity index (χ4v) is 5.47. The number of hydrogen-bond acceptors (Lipinski definition) is 4. The van der Waals surface area contributed by atoms with E-state index in [0.717, 1.165) is 23.1 Å². The Morgan fingerprint density at radius 2 is 1.89 bits per heavy atom. The van der Waals surface area contributed by atoms with Crippen LogP contribution in [0, 0.1) is 24.0 Å². The van der Waals surface area contributed by atoms with Gasteiger partial charge in [0.2, 0.25) is 5.69 Å². The van der Waals surface area contributed by atoms with Crippen LogP contribution in [0.3, 0.4) is 0 Å². The molecule has 198 valence electrons. The third kappa shape index (κ3) is 5.75. The van der Waals surface area contributed by atoms with Crippen LogP contribution in [0.4, 0.5) is 30.5 Å². The van der Waals surface area contributed by atoms with Crippen molar-refractivity contribution in [2.75, 3.05) is 18.0 Å². The van der Waals surface area contributed by atoms with Crippen LogP contribution in [-0.4, -0.2) is 27.9 Å². The van der Waals surface area contributed by atoms with Gasteiger partial charge in [0, 0.05) is 25.1 Å². The summed E-state index contributed by atoms with van der Waals surface area (Å²) in [5.41, 5.74) is 2.77. The van der Waals surface area contributed by atoms with Crippen LogP contribution in [0.25, 0.3) is 0 Å². The summed E-state index contributed by atoms with van der Waals surface area (Å²) in [6.45, 7) is 7.82. The van der Waals surface area contributed by atoms with Crippen molar-refractivity contribution in [3.63, 3.8) is 0 Å². The monoisotopic (exact) mass is 536 g/mol. The molecule has 0 bridgehead atoms. The Hall–Kier alpha value is -3.11. The quantitative estimate of drug-likeness (QED) is 0.204. The molecule has 0 amide bonds. The number of rotatable bonds is 8. The molecule has 0 fully saturated rings. The summed E-state index contributed by atoms with van der Waals surface area (Å²) in [7, 11) is 0. The standard InChI is InChI=1S/C26H29ClF3N5O2/c1-4-10-32(15-19-6-8-20(9-7-19)35(36)37)16-22-24(26(28,29)30)31-25-33(22)11-5-12-34(25)23-18(3)13-17(2)14-21(23)27/h6-9,13-14H,4-5,10-12,15-16H2,1-3H3/p+1. The lowest BCUT2D eigenvalue weighted by atomic mass is 10.1. The minimum Gasteiger partial charge on any atom is -0.292 e. The highest BCUT2D eigenvalue weighted by molar-refractivity contribution is 6.33. The van der Waals surface area contributed by atoms with E-state index >= 15 is 0 Å². The minimum atomic E-state index is -4.57. The number of halogens is 4. The first kappa shape index (κ1) is 26.9. The van der Waals surface area contributed by atoms with Gasteiger partial charge in [-0.25, -0.2) is 14.5 Å². The molecule has 1 aliphatic rings. The molecule has 11 heteroatoms. The molecular weight excluding hydrogens is 507 g/mol. The molecule has 0 saturated heterocycles. The van der Waals surface area contributed by atoms with Crippen molar-refractivity contribution in [3.05, 3.63) is 79.6 Å². The molecule has 0 aliphatic carbocycles. The number of nitro benzene ring substituents is 1. The van der Waals surface area contributed by atoms with Crippen molar-refractivity contribution in [1.29, 1.82) is 0 Å². The number of non-ortho nitro benzene ring substituents is 1. The fraction of sp³-hybridized carbons (Fsp3) is 0.423.